The number of nitrogens with two attached hydrogens (primary N) is 1. The van der Waals surface area contributed by atoms with Gasteiger partial charge < -0.3 is 10.5 Å². The van der Waals surface area contributed by atoms with E-state index in [0.717, 1.165) is 0 Å². The largest absolute Gasteiger partial charge is 0.461 e. The number of hydrogen-bond donors (Lipinski definition) is 1. The molecule has 0 aliphatic rings. The van der Waals surface area contributed by atoms with Gasteiger partial charge in [0.25, 0.3) is 0 Å². The molecular weight excluding hydrogens is 244 g/mol. The highest BCUT2D eigenvalue weighted by atomic mass is 19.4. The van der Waals surface area contributed by atoms with Crippen molar-refractivity contribution in [2.24, 2.45) is 5.73 Å². The van der Waals surface area contributed by atoms with Crippen LogP contribution in [0.4, 0.5) is 26.3 Å². The maximum atomic E-state index is 12.7. The van der Waals surface area contributed by atoms with Crippen LogP contribution in [0.3, 0.4) is 0 Å². The molecule has 94 valence electrons. The van der Waals surface area contributed by atoms with Gasteiger partial charge in [0.15, 0.2) is 0 Å². The zero-order valence-electron chi connectivity index (χ0n) is 7.87. The minimum absolute atomic E-state index is 0.392. The molecule has 0 aromatic heterocycles. The van der Waals surface area contributed by atoms with Crippen molar-refractivity contribution in [1.29, 1.82) is 0 Å². The number of ether oxygens (including phenoxy) is 1. The van der Waals surface area contributed by atoms with E-state index in [0.29, 0.717) is 0 Å². The lowest BCUT2D eigenvalue weighted by molar-refractivity contribution is -0.265. The summed E-state index contributed by atoms with van der Waals surface area (Å²) in [6.07, 6.45) is -6.08. The lowest BCUT2D eigenvalue weighted by Crippen LogP contribution is -2.42. The summed E-state index contributed by atoms with van der Waals surface area (Å²) >= 11 is 0. The molecule has 0 spiro atoms. The second kappa shape index (κ2) is 4.62. The fraction of sp³-hybridized carbons (Fsp3) is 0.571. The van der Waals surface area contributed by atoms with E-state index in [1.165, 1.54) is 6.92 Å². The van der Waals surface area contributed by atoms with Gasteiger partial charge in [-0.2, -0.15) is 26.3 Å². The van der Waals surface area contributed by atoms with Gasteiger partial charge in [0.2, 0.25) is 5.83 Å². The van der Waals surface area contributed by atoms with Crippen molar-refractivity contribution >= 4 is 5.97 Å². The number of alkyl halides is 5. The van der Waals surface area contributed by atoms with E-state index in [9.17, 15) is 31.1 Å². The fourth-order valence-electron chi connectivity index (χ4n) is 0.595. The molecular formula is C7H7F6NO2. The Morgan fingerprint density at radius 1 is 1.25 bits per heavy atom. The maximum Gasteiger partial charge on any atom is 0.459 e. The van der Waals surface area contributed by atoms with E-state index < -0.39 is 36.2 Å². The van der Waals surface area contributed by atoms with Gasteiger partial charge >= 0.3 is 18.1 Å². The second-order valence-electron chi connectivity index (χ2n) is 2.52. The van der Waals surface area contributed by atoms with Gasteiger partial charge in [0.1, 0.15) is 5.70 Å². The topological polar surface area (TPSA) is 52.3 Å². The van der Waals surface area contributed by atoms with E-state index in [4.69, 9.17) is 0 Å². The Hall–Kier alpha value is -1.41. The Kier molecular flexibility index (Phi) is 4.21. The van der Waals surface area contributed by atoms with Gasteiger partial charge in [-0.05, 0) is 6.92 Å². The van der Waals surface area contributed by atoms with Crippen LogP contribution >= 0.6 is 0 Å². The van der Waals surface area contributed by atoms with Gasteiger partial charge in [0, 0.05) is 0 Å². The van der Waals surface area contributed by atoms with E-state index in [-0.39, 0.29) is 0 Å². The zero-order valence-corrected chi connectivity index (χ0v) is 7.87. The molecule has 3 nitrogen and oxygen atoms in total. The summed E-state index contributed by atoms with van der Waals surface area (Å²) < 4.78 is 76.6. The number of allylic oxidation sites excluding steroid dienone is 1. The molecule has 2 N–H and O–H groups in total. The van der Waals surface area contributed by atoms with Crippen LogP contribution in [0.25, 0.3) is 0 Å². The zero-order chi connectivity index (χ0) is 13.1. The number of carbonyl (C=O) groups is 1. The standard InChI is InChI=1S/C7H7F6NO2/c1-2-16-5(15)3(8)4(14)6(9,10)7(11,12)13/h2,14H2,1H3. The Morgan fingerprint density at radius 3 is 2.00 bits per heavy atom. The first-order chi connectivity index (χ1) is 7.05. The molecule has 0 heterocycles. The summed E-state index contributed by atoms with van der Waals surface area (Å²) in [6.45, 7) is 0.820. The molecule has 0 fully saturated rings. The normalized spacial score (nSPS) is 14.4. The smallest absolute Gasteiger partial charge is 0.459 e. The minimum atomic E-state index is -6.08. The van der Waals surface area contributed by atoms with Crippen molar-refractivity contribution < 1.29 is 35.9 Å². The number of halogens is 6. The summed E-state index contributed by atoms with van der Waals surface area (Å²) in [5, 5.41) is 0. The van der Waals surface area contributed by atoms with Crippen LogP contribution < -0.4 is 5.73 Å². The number of esters is 1. The molecule has 16 heavy (non-hydrogen) atoms. The Balaban J connectivity index is 5.24. The van der Waals surface area contributed by atoms with E-state index in [1.807, 2.05) is 0 Å². The van der Waals surface area contributed by atoms with Crippen molar-refractivity contribution in [3.8, 4) is 0 Å². The maximum absolute atomic E-state index is 12.7. The summed E-state index contributed by atoms with van der Waals surface area (Å²) in [5.74, 6) is -10.0. The summed E-state index contributed by atoms with van der Waals surface area (Å²) in [5.41, 5.74) is 1.73. The number of rotatable bonds is 3. The Morgan fingerprint density at radius 2 is 1.69 bits per heavy atom. The lowest BCUT2D eigenvalue weighted by atomic mass is 10.2. The summed E-state index contributed by atoms with van der Waals surface area (Å²) in [4.78, 5) is 10.5. The first kappa shape index (κ1) is 14.6. The average Bonchev–Trinajstić information content (AvgIpc) is 2.14. The molecule has 0 rings (SSSR count). The first-order valence-corrected chi connectivity index (χ1v) is 3.83. The highest BCUT2D eigenvalue weighted by Crippen LogP contribution is 2.40. The van der Waals surface area contributed by atoms with Crippen LogP contribution in [0, 0.1) is 0 Å². The summed E-state index contributed by atoms with van der Waals surface area (Å²) in [6, 6.07) is 0. The van der Waals surface area contributed by atoms with Crippen LogP contribution in [-0.2, 0) is 9.53 Å². The molecule has 0 radical (unpaired) electrons. The SMILES string of the molecule is CCOC(=O)C(F)=C(N)C(F)(F)C(F)(F)F. The predicted octanol–water partition coefficient (Wildman–Crippen LogP) is 1.89. The van der Waals surface area contributed by atoms with Crippen molar-refractivity contribution in [3.63, 3.8) is 0 Å². The van der Waals surface area contributed by atoms with Crippen molar-refractivity contribution in [2.75, 3.05) is 6.61 Å². The van der Waals surface area contributed by atoms with Crippen molar-refractivity contribution in [2.45, 2.75) is 19.0 Å². The highest BCUT2D eigenvalue weighted by Gasteiger charge is 2.61. The fourth-order valence-corrected chi connectivity index (χ4v) is 0.595. The average molecular weight is 251 g/mol. The third kappa shape index (κ3) is 2.80. The quantitative estimate of drug-likeness (QED) is 0.473. The highest BCUT2D eigenvalue weighted by molar-refractivity contribution is 5.87. The molecule has 0 saturated carbocycles. The van der Waals surface area contributed by atoms with Gasteiger partial charge in [0.05, 0.1) is 6.61 Å². The lowest BCUT2D eigenvalue weighted by Gasteiger charge is -2.19. The van der Waals surface area contributed by atoms with E-state index >= 15 is 0 Å². The molecule has 0 atom stereocenters. The number of hydrogen-bond acceptors (Lipinski definition) is 3. The minimum Gasteiger partial charge on any atom is -0.461 e. The van der Waals surface area contributed by atoms with Crippen LogP contribution in [-0.4, -0.2) is 24.7 Å². The van der Waals surface area contributed by atoms with Crippen LogP contribution in [0.2, 0.25) is 0 Å². The van der Waals surface area contributed by atoms with Crippen molar-refractivity contribution in [3.05, 3.63) is 11.5 Å². The molecule has 0 saturated heterocycles. The number of carbonyl (C=O) groups excluding carboxylic acids is 1. The molecule has 9 heteroatoms. The predicted molar refractivity (Wildman–Crippen MR) is 40.0 cm³/mol. The van der Waals surface area contributed by atoms with E-state index in [1.54, 1.807) is 0 Å². The third-order valence-corrected chi connectivity index (χ3v) is 1.39. The molecule has 0 aliphatic carbocycles. The third-order valence-electron chi connectivity index (χ3n) is 1.39. The molecule has 0 aromatic rings. The van der Waals surface area contributed by atoms with Gasteiger partial charge in [-0.25, -0.2) is 4.79 Å². The van der Waals surface area contributed by atoms with Crippen LogP contribution in [0.15, 0.2) is 11.5 Å². The van der Waals surface area contributed by atoms with Crippen molar-refractivity contribution in [1.82, 2.24) is 0 Å². The van der Waals surface area contributed by atoms with E-state index in [2.05, 4.69) is 10.5 Å². The monoisotopic (exact) mass is 251 g/mol. The Bertz CT molecular complexity index is 308. The molecule has 0 aromatic carbocycles. The molecule has 0 aliphatic heterocycles. The van der Waals surface area contributed by atoms with Crippen LogP contribution in [0.1, 0.15) is 6.92 Å². The Labute approximate surface area is 85.8 Å². The van der Waals surface area contributed by atoms with Gasteiger partial charge in [-0.15, -0.1) is 0 Å². The molecule has 0 bridgehead atoms. The second-order valence-corrected chi connectivity index (χ2v) is 2.52. The molecule has 0 unspecified atom stereocenters. The van der Waals surface area contributed by atoms with Gasteiger partial charge in [-0.1, -0.05) is 0 Å². The van der Waals surface area contributed by atoms with Gasteiger partial charge in [-0.3, -0.25) is 0 Å². The summed E-state index contributed by atoms with van der Waals surface area (Å²) in [7, 11) is 0. The first-order valence-electron chi connectivity index (χ1n) is 3.83. The van der Waals surface area contributed by atoms with Crippen LogP contribution in [0.5, 0.6) is 0 Å². The molecule has 0 amide bonds.